The SMILES string of the molecule is CN(c1ncnc2[nH]ccc12)[C@H]1CC2CN(C(=O)C3CC3)CC[C@H]2C1. The van der Waals surface area contributed by atoms with Crippen molar-refractivity contribution in [1.29, 1.82) is 0 Å². The zero-order valence-corrected chi connectivity index (χ0v) is 14.7. The molecule has 3 heterocycles. The summed E-state index contributed by atoms with van der Waals surface area (Å²) in [4.78, 5) is 28.9. The van der Waals surface area contributed by atoms with Crippen molar-refractivity contribution in [3.05, 3.63) is 18.6 Å². The molecule has 1 unspecified atom stereocenters. The van der Waals surface area contributed by atoms with E-state index in [0.29, 0.717) is 23.8 Å². The van der Waals surface area contributed by atoms with Gasteiger partial charge in [0.05, 0.1) is 5.39 Å². The molecule has 2 aliphatic carbocycles. The third-order valence-corrected chi connectivity index (χ3v) is 6.49. The molecule has 6 heteroatoms. The molecule has 1 amide bonds. The van der Waals surface area contributed by atoms with Gasteiger partial charge >= 0.3 is 0 Å². The summed E-state index contributed by atoms with van der Waals surface area (Å²) < 4.78 is 0. The Morgan fingerprint density at radius 3 is 2.92 bits per heavy atom. The van der Waals surface area contributed by atoms with Crippen molar-refractivity contribution < 1.29 is 4.79 Å². The van der Waals surface area contributed by atoms with Gasteiger partial charge in [-0.15, -0.1) is 0 Å². The zero-order chi connectivity index (χ0) is 17.0. The van der Waals surface area contributed by atoms with Gasteiger partial charge in [-0.05, 0) is 50.0 Å². The Labute approximate surface area is 147 Å². The number of carbonyl (C=O) groups excluding carboxylic acids is 1. The first-order valence-electron chi connectivity index (χ1n) is 9.50. The largest absolute Gasteiger partial charge is 0.356 e. The molecular formula is C19H25N5O. The first-order valence-corrected chi connectivity index (χ1v) is 9.50. The summed E-state index contributed by atoms with van der Waals surface area (Å²) in [6, 6.07) is 2.55. The van der Waals surface area contributed by atoms with Crippen LogP contribution in [0.1, 0.15) is 32.1 Å². The van der Waals surface area contributed by atoms with Crippen molar-refractivity contribution in [2.45, 2.75) is 38.1 Å². The number of aromatic nitrogens is 3. The molecule has 2 saturated carbocycles. The highest BCUT2D eigenvalue weighted by atomic mass is 16.2. The Kier molecular flexibility index (Phi) is 3.47. The molecule has 1 saturated heterocycles. The fraction of sp³-hybridized carbons (Fsp3) is 0.632. The number of fused-ring (bicyclic) bond motifs is 2. The van der Waals surface area contributed by atoms with E-state index in [9.17, 15) is 4.79 Å². The highest BCUT2D eigenvalue weighted by Crippen LogP contribution is 2.42. The minimum Gasteiger partial charge on any atom is -0.356 e. The number of aromatic amines is 1. The Balaban J connectivity index is 1.31. The molecule has 6 nitrogen and oxygen atoms in total. The van der Waals surface area contributed by atoms with Crippen molar-refractivity contribution in [3.8, 4) is 0 Å². The Morgan fingerprint density at radius 1 is 1.24 bits per heavy atom. The van der Waals surface area contributed by atoms with Crippen molar-refractivity contribution in [3.63, 3.8) is 0 Å². The normalized spacial score (nSPS) is 29.0. The summed E-state index contributed by atoms with van der Waals surface area (Å²) >= 11 is 0. The number of carbonyl (C=O) groups is 1. The van der Waals surface area contributed by atoms with E-state index in [1.54, 1.807) is 6.33 Å². The minimum absolute atomic E-state index is 0.347. The van der Waals surface area contributed by atoms with Crippen LogP contribution in [0.4, 0.5) is 5.82 Å². The molecule has 0 radical (unpaired) electrons. The summed E-state index contributed by atoms with van der Waals surface area (Å²) in [5.74, 6) is 3.17. The zero-order valence-electron chi connectivity index (χ0n) is 14.7. The van der Waals surface area contributed by atoms with Crippen molar-refractivity contribution in [1.82, 2.24) is 19.9 Å². The molecular weight excluding hydrogens is 314 g/mol. The number of anilines is 1. The lowest BCUT2D eigenvalue weighted by Crippen LogP contribution is -2.42. The van der Waals surface area contributed by atoms with E-state index in [4.69, 9.17) is 0 Å². The van der Waals surface area contributed by atoms with Crippen LogP contribution in [-0.4, -0.2) is 51.9 Å². The highest BCUT2D eigenvalue weighted by molar-refractivity contribution is 5.87. The van der Waals surface area contributed by atoms with E-state index in [2.05, 4.69) is 37.9 Å². The Bertz CT molecular complexity index is 798. The van der Waals surface area contributed by atoms with Gasteiger partial charge in [0, 0.05) is 38.3 Å². The first-order chi connectivity index (χ1) is 12.2. The molecule has 1 aliphatic heterocycles. The summed E-state index contributed by atoms with van der Waals surface area (Å²) in [6.45, 7) is 1.93. The van der Waals surface area contributed by atoms with Crippen LogP contribution in [0.25, 0.3) is 11.0 Å². The average Bonchev–Trinajstić information content (AvgIpc) is 3.21. The van der Waals surface area contributed by atoms with Gasteiger partial charge in [0.2, 0.25) is 5.91 Å². The number of rotatable bonds is 3. The number of nitrogens with one attached hydrogen (secondary N) is 1. The van der Waals surface area contributed by atoms with Crippen LogP contribution in [0, 0.1) is 17.8 Å². The maximum Gasteiger partial charge on any atom is 0.225 e. The second kappa shape index (κ2) is 5.71. The highest BCUT2D eigenvalue weighted by Gasteiger charge is 2.43. The third kappa shape index (κ3) is 2.58. The Hall–Kier alpha value is -2.11. The minimum atomic E-state index is 0.347. The Morgan fingerprint density at radius 2 is 2.08 bits per heavy atom. The monoisotopic (exact) mass is 339 g/mol. The number of piperidine rings is 1. The fourth-order valence-electron chi connectivity index (χ4n) is 4.87. The van der Waals surface area contributed by atoms with Gasteiger partial charge in [-0.3, -0.25) is 4.79 Å². The molecule has 25 heavy (non-hydrogen) atoms. The molecule has 3 fully saturated rings. The van der Waals surface area contributed by atoms with E-state index in [1.165, 1.54) is 6.42 Å². The maximum absolute atomic E-state index is 12.4. The summed E-state index contributed by atoms with van der Waals surface area (Å²) in [5, 5.41) is 1.09. The van der Waals surface area contributed by atoms with Crippen LogP contribution in [0.5, 0.6) is 0 Å². The summed E-state index contributed by atoms with van der Waals surface area (Å²) in [7, 11) is 2.16. The van der Waals surface area contributed by atoms with E-state index < -0.39 is 0 Å². The molecule has 0 bridgehead atoms. The average molecular weight is 339 g/mol. The lowest BCUT2D eigenvalue weighted by Gasteiger charge is -2.35. The third-order valence-electron chi connectivity index (χ3n) is 6.49. The molecule has 132 valence electrons. The van der Waals surface area contributed by atoms with Crippen LogP contribution in [0.15, 0.2) is 18.6 Å². The molecule has 5 rings (SSSR count). The maximum atomic E-state index is 12.4. The van der Waals surface area contributed by atoms with E-state index in [-0.39, 0.29) is 0 Å². The van der Waals surface area contributed by atoms with Gasteiger partial charge in [0.1, 0.15) is 17.8 Å². The number of nitrogens with zero attached hydrogens (tertiary/aromatic N) is 4. The molecule has 2 aromatic heterocycles. The molecule has 3 aliphatic rings. The van der Waals surface area contributed by atoms with Crippen LogP contribution in [0.3, 0.4) is 0 Å². The smallest absolute Gasteiger partial charge is 0.225 e. The predicted octanol–water partition coefficient (Wildman–Crippen LogP) is 2.43. The van der Waals surface area contributed by atoms with Crippen molar-refractivity contribution in [2.75, 3.05) is 25.0 Å². The number of amides is 1. The number of H-pyrrole nitrogens is 1. The lowest BCUT2D eigenvalue weighted by molar-refractivity contribution is -0.134. The second-order valence-electron chi connectivity index (χ2n) is 8.04. The van der Waals surface area contributed by atoms with E-state index in [0.717, 1.165) is 61.5 Å². The molecule has 0 aromatic carbocycles. The standard InChI is InChI=1S/C19H25N5O/c1-23(18-16-4-6-20-17(16)21-11-22-18)15-8-13-5-7-24(10-14(13)9-15)19(25)12-2-3-12/h4,6,11-15H,2-3,5,7-10H2,1H3,(H,20,21,22)/t13-,14?,15+/m0/s1. The van der Waals surface area contributed by atoms with Gasteiger partial charge in [0.25, 0.3) is 0 Å². The number of hydrogen-bond acceptors (Lipinski definition) is 4. The van der Waals surface area contributed by atoms with Crippen LogP contribution >= 0.6 is 0 Å². The molecule has 0 spiro atoms. The van der Waals surface area contributed by atoms with Gasteiger partial charge in [-0.2, -0.15) is 0 Å². The van der Waals surface area contributed by atoms with Gasteiger partial charge in [-0.25, -0.2) is 9.97 Å². The number of hydrogen-bond donors (Lipinski definition) is 1. The quantitative estimate of drug-likeness (QED) is 0.933. The van der Waals surface area contributed by atoms with Crippen LogP contribution in [-0.2, 0) is 4.79 Å². The van der Waals surface area contributed by atoms with Gasteiger partial charge in [0.15, 0.2) is 0 Å². The molecule has 3 atom stereocenters. The first kappa shape index (κ1) is 15.2. The van der Waals surface area contributed by atoms with Crippen LogP contribution < -0.4 is 4.90 Å². The van der Waals surface area contributed by atoms with Gasteiger partial charge < -0.3 is 14.8 Å². The molecule has 1 N–H and O–H groups in total. The van der Waals surface area contributed by atoms with Crippen LogP contribution in [0.2, 0.25) is 0 Å². The molecule has 2 aromatic rings. The van der Waals surface area contributed by atoms with Crippen molar-refractivity contribution >= 4 is 22.8 Å². The topological polar surface area (TPSA) is 65.1 Å². The lowest BCUT2D eigenvalue weighted by atomic mass is 9.88. The summed E-state index contributed by atoms with van der Waals surface area (Å²) in [6.07, 6.45) is 9.31. The van der Waals surface area contributed by atoms with Gasteiger partial charge in [-0.1, -0.05) is 0 Å². The predicted molar refractivity (Wildman–Crippen MR) is 96.2 cm³/mol. The van der Waals surface area contributed by atoms with E-state index in [1.807, 2.05) is 6.20 Å². The van der Waals surface area contributed by atoms with E-state index >= 15 is 0 Å². The van der Waals surface area contributed by atoms with Crippen molar-refractivity contribution in [2.24, 2.45) is 17.8 Å². The second-order valence-corrected chi connectivity index (χ2v) is 8.04. The summed E-state index contributed by atoms with van der Waals surface area (Å²) in [5.41, 5.74) is 0.897. The number of likely N-dealkylation sites (tertiary alicyclic amines) is 1. The fourth-order valence-corrected chi connectivity index (χ4v) is 4.87.